The molecule has 0 aliphatic carbocycles. The minimum absolute atomic E-state index is 0.0118. The van der Waals surface area contributed by atoms with Crippen LogP contribution in [-0.4, -0.2) is 18.0 Å². The third-order valence-electron chi connectivity index (χ3n) is 4.38. The first-order valence-electron chi connectivity index (χ1n) is 8.18. The Morgan fingerprint density at radius 1 is 1.12 bits per heavy atom. The minimum Gasteiger partial charge on any atom is -0.545 e. The summed E-state index contributed by atoms with van der Waals surface area (Å²) >= 11 is 0. The zero-order chi connectivity index (χ0) is 18.0. The summed E-state index contributed by atoms with van der Waals surface area (Å²) in [5, 5.41) is 11.4. The number of aromatic carboxylic acids is 1. The summed E-state index contributed by atoms with van der Waals surface area (Å²) in [6, 6.07) is 14.5. The highest BCUT2D eigenvalue weighted by atomic mass is 16.4. The van der Waals surface area contributed by atoms with E-state index >= 15 is 0 Å². The SMILES string of the molecule is Cc1[nH]c2ccc(C(=O)[O-])cc2c(=O)c1C[NH+](C)Cc1ccccc1. The lowest BCUT2D eigenvalue weighted by molar-refractivity contribution is -0.907. The van der Waals surface area contributed by atoms with Crippen LogP contribution in [0.2, 0.25) is 0 Å². The van der Waals surface area contributed by atoms with Crippen LogP contribution in [0.4, 0.5) is 0 Å². The first-order chi connectivity index (χ1) is 12.0. The third-order valence-corrected chi connectivity index (χ3v) is 4.38. The highest BCUT2D eigenvalue weighted by Crippen LogP contribution is 2.13. The molecular formula is C20H20N2O3. The molecule has 5 heteroatoms. The fourth-order valence-electron chi connectivity index (χ4n) is 3.10. The molecule has 0 saturated heterocycles. The van der Waals surface area contributed by atoms with Crippen molar-refractivity contribution in [1.29, 1.82) is 0 Å². The smallest absolute Gasteiger partial charge is 0.198 e. The molecule has 0 radical (unpaired) electrons. The van der Waals surface area contributed by atoms with Crippen molar-refractivity contribution >= 4 is 16.9 Å². The van der Waals surface area contributed by atoms with Crippen LogP contribution in [-0.2, 0) is 13.1 Å². The standard InChI is InChI=1S/C20H20N2O3/c1-13-17(12-22(2)11-14-6-4-3-5-7-14)19(23)16-10-15(20(24)25)8-9-18(16)21-13/h3-10H,11-12H2,1-2H3,(H,21,23)(H,24,25). The number of nitrogens with one attached hydrogen (secondary N) is 2. The van der Waals surface area contributed by atoms with Crippen molar-refractivity contribution in [3.8, 4) is 0 Å². The molecule has 0 saturated carbocycles. The van der Waals surface area contributed by atoms with Gasteiger partial charge in [0.1, 0.15) is 13.1 Å². The van der Waals surface area contributed by atoms with E-state index in [1.807, 2.05) is 32.2 Å². The Balaban J connectivity index is 1.95. The average Bonchev–Trinajstić information content (AvgIpc) is 2.59. The van der Waals surface area contributed by atoms with E-state index in [0.717, 1.165) is 12.2 Å². The average molecular weight is 336 g/mol. The molecule has 0 bridgehead atoms. The van der Waals surface area contributed by atoms with Gasteiger partial charge in [-0.05, 0) is 24.6 Å². The number of carbonyl (C=O) groups excluding carboxylic acids is 1. The summed E-state index contributed by atoms with van der Waals surface area (Å²) in [7, 11) is 2.04. The number of hydrogen-bond acceptors (Lipinski definition) is 3. The largest absolute Gasteiger partial charge is 0.545 e. The number of H-pyrrole nitrogens is 1. The van der Waals surface area contributed by atoms with Gasteiger partial charge in [-0.2, -0.15) is 0 Å². The molecule has 0 fully saturated rings. The highest BCUT2D eigenvalue weighted by Gasteiger charge is 2.14. The van der Waals surface area contributed by atoms with Crippen LogP contribution >= 0.6 is 0 Å². The quantitative estimate of drug-likeness (QED) is 0.709. The Morgan fingerprint density at radius 3 is 2.52 bits per heavy atom. The van der Waals surface area contributed by atoms with Crippen molar-refractivity contribution in [3.63, 3.8) is 0 Å². The van der Waals surface area contributed by atoms with Crippen LogP contribution < -0.4 is 15.4 Å². The summed E-state index contributed by atoms with van der Waals surface area (Å²) in [5.74, 6) is -1.28. The van der Waals surface area contributed by atoms with E-state index in [2.05, 4.69) is 17.1 Å². The van der Waals surface area contributed by atoms with E-state index in [9.17, 15) is 14.7 Å². The topological polar surface area (TPSA) is 77.4 Å². The number of rotatable bonds is 5. The van der Waals surface area contributed by atoms with Gasteiger partial charge in [-0.3, -0.25) is 4.79 Å². The molecule has 3 aromatic rings. The predicted molar refractivity (Wildman–Crippen MR) is 94.4 cm³/mol. The lowest BCUT2D eigenvalue weighted by Crippen LogP contribution is -3.06. The molecule has 0 aliphatic heterocycles. The first-order valence-corrected chi connectivity index (χ1v) is 8.18. The molecule has 25 heavy (non-hydrogen) atoms. The van der Waals surface area contributed by atoms with Crippen LogP contribution in [0.5, 0.6) is 0 Å². The van der Waals surface area contributed by atoms with Crippen molar-refractivity contribution in [1.82, 2.24) is 4.98 Å². The molecule has 1 unspecified atom stereocenters. The fraction of sp³-hybridized carbons (Fsp3) is 0.200. The van der Waals surface area contributed by atoms with E-state index in [1.54, 1.807) is 6.07 Å². The van der Waals surface area contributed by atoms with Crippen LogP contribution in [0, 0.1) is 6.92 Å². The van der Waals surface area contributed by atoms with E-state index in [1.165, 1.54) is 22.6 Å². The molecule has 1 aromatic heterocycles. The molecule has 2 N–H and O–H groups in total. The summed E-state index contributed by atoms with van der Waals surface area (Å²) < 4.78 is 0. The summed E-state index contributed by atoms with van der Waals surface area (Å²) in [6.45, 7) is 3.23. The van der Waals surface area contributed by atoms with Gasteiger partial charge in [0.15, 0.2) is 5.43 Å². The van der Waals surface area contributed by atoms with Crippen LogP contribution in [0.1, 0.15) is 27.2 Å². The maximum Gasteiger partial charge on any atom is 0.198 e. The van der Waals surface area contributed by atoms with Crippen molar-refractivity contribution in [3.05, 3.63) is 81.1 Å². The second-order valence-corrected chi connectivity index (χ2v) is 6.40. The van der Waals surface area contributed by atoms with E-state index < -0.39 is 5.97 Å². The van der Waals surface area contributed by atoms with Gasteiger partial charge >= 0.3 is 0 Å². The molecule has 5 nitrogen and oxygen atoms in total. The van der Waals surface area contributed by atoms with Crippen LogP contribution in [0.25, 0.3) is 10.9 Å². The molecule has 0 aliphatic rings. The van der Waals surface area contributed by atoms with E-state index in [-0.39, 0.29) is 11.0 Å². The minimum atomic E-state index is -1.28. The van der Waals surface area contributed by atoms with E-state index in [0.29, 0.717) is 23.0 Å². The zero-order valence-corrected chi connectivity index (χ0v) is 14.3. The third kappa shape index (κ3) is 3.61. The monoisotopic (exact) mass is 336 g/mol. The number of aromatic nitrogens is 1. The number of pyridine rings is 1. The van der Waals surface area contributed by atoms with Gasteiger partial charge in [0.2, 0.25) is 0 Å². The second kappa shape index (κ2) is 6.91. The number of carboxylic acid groups (broad SMARTS) is 1. The molecular weight excluding hydrogens is 316 g/mol. The maximum atomic E-state index is 12.9. The van der Waals surface area contributed by atoms with Crippen LogP contribution in [0.3, 0.4) is 0 Å². The van der Waals surface area contributed by atoms with Gasteiger partial charge in [0.25, 0.3) is 0 Å². The number of quaternary nitrogens is 1. The van der Waals surface area contributed by atoms with Crippen molar-refractivity contribution in [2.45, 2.75) is 20.0 Å². The van der Waals surface area contributed by atoms with Crippen molar-refractivity contribution < 1.29 is 14.8 Å². The number of benzene rings is 2. The lowest BCUT2D eigenvalue weighted by Gasteiger charge is -2.16. The second-order valence-electron chi connectivity index (χ2n) is 6.40. The lowest BCUT2D eigenvalue weighted by atomic mass is 10.1. The molecule has 2 aromatic carbocycles. The molecule has 0 amide bonds. The van der Waals surface area contributed by atoms with Gasteiger partial charge in [-0.15, -0.1) is 0 Å². The Hall–Kier alpha value is -2.92. The number of carboxylic acids is 1. The predicted octanol–water partition coefficient (Wildman–Crippen LogP) is 0.415. The number of aryl methyl sites for hydroxylation is 1. The highest BCUT2D eigenvalue weighted by molar-refractivity contribution is 5.92. The maximum absolute atomic E-state index is 12.9. The molecule has 128 valence electrons. The number of fused-ring (bicyclic) bond motifs is 1. The van der Waals surface area contributed by atoms with Gasteiger partial charge in [-0.1, -0.05) is 36.4 Å². The fourth-order valence-corrected chi connectivity index (χ4v) is 3.10. The Morgan fingerprint density at radius 2 is 1.84 bits per heavy atom. The zero-order valence-electron chi connectivity index (χ0n) is 14.3. The van der Waals surface area contributed by atoms with Crippen molar-refractivity contribution in [2.24, 2.45) is 0 Å². The number of hydrogen-bond donors (Lipinski definition) is 2. The summed E-state index contributed by atoms with van der Waals surface area (Å²) in [6.07, 6.45) is 0. The van der Waals surface area contributed by atoms with Gasteiger partial charge < -0.3 is 19.8 Å². The first kappa shape index (κ1) is 16.9. The normalized spacial score (nSPS) is 12.2. The van der Waals surface area contributed by atoms with Gasteiger partial charge in [0, 0.05) is 22.2 Å². The Kier molecular flexibility index (Phi) is 4.67. The van der Waals surface area contributed by atoms with Gasteiger partial charge in [-0.25, -0.2) is 0 Å². The Bertz CT molecular complexity index is 977. The Labute approximate surface area is 145 Å². The number of aromatic amines is 1. The molecule has 0 spiro atoms. The van der Waals surface area contributed by atoms with Crippen LogP contribution in [0.15, 0.2) is 53.3 Å². The van der Waals surface area contributed by atoms with Crippen molar-refractivity contribution in [2.75, 3.05) is 7.05 Å². The molecule has 3 rings (SSSR count). The summed E-state index contributed by atoms with van der Waals surface area (Å²) in [4.78, 5) is 28.3. The van der Waals surface area contributed by atoms with E-state index in [4.69, 9.17) is 0 Å². The molecule has 1 heterocycles. The molecule has 1 atom stereocenters. The van der Waals surface area contributed by atoms with Gasteiger partial charge in [0.05, 0.1) is 18.6 Å². The summed E-state index contributed by atoms with van der Waals surface area (Å²) in [5.41, 5.74) is 3.22. The number of carbonyl (C=O) groups is 1.